The maximum atomic E-state index is 11.4. The summed E-state index contributed by atoms with van der Waals surface area (Å²) in [6.07, 6.45) is 2.12. The van der Waals surface area contributed by atoms with Crippen molar-refractivity contribution in [2.45, 2.75) is 18.9 Å². The molecule has 2 rings (SSSR count). The topological polar surface area (TPSA) is 58.2 Å². The van der Waals surface area contributed by atoms with Crippen molar-refractivity contribution >= 4 is 23.2 Å². The molecule has 0 radical (unpaired) electrons. The van der Waals surface area contributed by atoms with Gasteiger partial charge in [-0.3, -0.25) is 9.59 Å². The standard InChI is InChI=1S/C10H12N2O2S/c13-9(12-8-1-2-8)5-11-10(14)7-3-4-15-6-7/h3-4,6,8H,1-2,5H2,(H,11,14)(H,12,13). The SMILES string of the molecule is O=C(CNC(=O)c1ccsc1)NC1CC1. The molecule has 1 fully saturated rings. The van der Waals surface area contributed by atoms with Gasteiger partial charge in [0, 0.05) is 17.0 Å². The monoisotopic (exact) mass is 224 g/mol. The van der Waals surface area contributed by atoms with E-state index in [9.17, 15) is 9.59 Å². The summed E-state index contributed by atoms with van der Waals surface area (Å²) in [5.74, 6) is -0.303. The Kier molecular flexibility index (Phi) is 3.01. The minimum atomic E-state index is -0.192. The molecule has 1 aliphatic carbocycles. The molecule has 0 saturated heterocycles. The summed E-state index contributed by atoms with van der Waals surface area (Å²) in [6.45, 7) is 0.0607. The van der Waals surface area contributed by atoms with E-state index < -0.39 is 0 Å². The summed E-state index contributed by atoms with van der Waals surface area (Å²) in [5, 5.41) is 8.97. The molecule has 0 aromatic carbocycles. The molecule has 0 atom stereocenters. The zero-order chi connectivity index (χ0) is 10.7. The smallest absolute Gasteiger partial charge is 0.252 e. The van der Waals surface area contributed by atoms with Crippen LogP contribution in [0.15, 0.2) is 16.8 Å². The summed E-state index contributed by atoms with van der Waals surface area (Å²) in [6, 6.07) is 2.08. The Balaban J connectivity index is 1.72. The van der Waals surface area contributed by atoms with Gasteiger partial charge in [-0.1, -0.05) is 0 Å². The van der Waals surface area contributed by atoms with Gasteiger partial charge >= 0.3 is 0 Å². The molecule has 1 aromatic heterocycles. The van der Waals surface area contributed by atoms with Gasteiger partial charge in [-0.2, -0.15) is 11.3 Å². The van der Waals surface area contributed by atoms with Crippen molar-refractivity contribution in [2.24, 2.45) is 0 Å². The fraction of sp³-hybridized carbons (Fsp3) is 0.400. The fourth-order valence-electron chi connectivity index (χ4n) is 1.16. The number of carbonyl (C=O) groups excluding carboxylic acids is 2. The second-order valence-corrected chi connectivity index (χ2v) is 4.32. The number of nitrogens with one attached hydrogen (secondary N) is 2. The first-order chi connectivity index (χ1) is 7.25. The summed E-state index contributed by atoms with van der Waals surface area (Å²) >= 11 is 1.46. The van der Waals surface area contributed by atoms with Crippen LogP contribution < -0.4 is 10.6 Å². The van der Waals surface area contributed by atoms with Crippen LogP contribution in [0.5, 0.6) is 0 Å². The quantitative estimate of drug-likeness (QED) is 0.793. The van der Waals surface area contributed by atoms with Crippen molar-refractivity contribution in [1.29, 1.82) is 0 Å². The number of hydrogen-bond donors (Lipinski definition) is 2. The number of thiophene rings is 1. The summed E-state index contributed by atoms with van der Waals surface area (Å²) in [7, 11) is 0. The molecule has 1 heterocycles. The number of rotatable bonds is 4. The molecule has 5 heteroatoms. The highest BCUT2D eigenvalue weighted by Gasteiger charge is 2.23. The third-order valence-electron chi connectivity index (χ3n) is 2.14. The molecule has 4 nitrogen and oxygen atoms in total. The van der Waals surface area contributed by atoms with Crippen LogP contribution in [0.3, 0.4) is 0 Å². The van der Waals surface area contributed by atoms with Crippen LogP contribution in [-0.2, 0) is 4.79 Å². The van der Waals surface area contributed by atoms with Crippen LogP contribution in [0.4, 0.5) is 0 Å². The lowest BCUT2D eigenvalue weighted by molar-refractivity contribution is -0.120. The molecule has 0 unspecified atom stereocenters. The zero-order valence-electron chi connectivity index (χ0n) is 8.16. The first-order valence-corrected chi connectivity index (χ1v) is 5.80. The van der Waals surface area contributed by atoms with E-state index in [0.29, 0.717) is 11.6 Å². The van der Waals surface area contributed by atoms with Crippen molar-refractivity contribution in [1.82, 2.24) is 10.6 Å². The van der Waals surface area contributed by atoms with Crippen LogP contribution in [-0.4, -0.2) is 24.4 Å². The first-order valence-electron chi connectivity index (χ1n) is 4.85. The Hall–Kier alpha value is -1.36. The first kappa shape index (κ1) is 10.2. The molecule has 0 spiro atoms. The summed E-state index contributed by atoms with van der Waals surface area (Å²) in [5.41, 5.74) is 0.610. The zero-order valence-corrected chi connectivity index (χ0v) is 8.97. The lowest BCUT2D eigenvalue weighted by Gasteiger charge is -2.04. The average molecular weight is 224 g/mol. The van der Waals surface area contributed by atoms with E-state index in [1.165, 1.54) is 11.3 Å². The Bertz CT molecular complexity index is 358. The second kappa shape index (κ2) is 4.44. The highest BCUT2D eigenvalue weighted by molar-refractivity contribution is 7.08. The van der Waals surface area contributed by atoms with Gasteiger partial charge in [0.05, 0.1) is 6.54 Å². The highest BCUT2D eigenvalue weighted by atomic mass is 32.1. The molecule has 15 heavy (non-hydrogen) atoms. The lowest BCUT2D eigenvalue weighted by Crippen LogP contribution is -2.37. The Morgan fingerprint density at radius 2 is 2.27 bits per heavy atom. The van der Waals surface area contributed by atoms with Gasteiger partial charge in [0.1, 0.15) is 0 Å². The summed E-state index contributed by atoms with van der Waals surface area (Å²) < 4.78 is 0. The molecule has 0 aliphatic heterocycles. The molecule has 1 saturated carbocycles. The Labute approximate surface area is 91.7 Å². The third-order valence-corrected chi connectivity index (χ3v) is 2.82. The van der Waals surface area contributed by atoms with Gasteiger partial charge in [-0.25, -0.2) is 0 Å². The molecule has 2 N–H and O–H groups in total. The number of carbonyl (C=O) groups is 2. The number of hydrogen-bond acceptors (Lipinski definition) is 3. The van der Waals surface area contributed by atoms with Gasteiger partial charge in [0.2, 0.25) is 5.91 Å². The van der Waals surface area contributed by atoms with E-state index in [-0.39, 0.29) is 18.4 Å². The molecule has 2 amide bonds. The minimum absolute atomic E-state index is 0.0607. The molecule has 0 bridgehead atoms. The van der Waals surface area contributed by atoms with Crippen molar-refractivity contribution < 1.29 is 9.59 Å². The Morgan fingerprint density at radius 1 is 1.47 bits per heavy atom. The molecular formula is C10H12N2O2S. The fourth-order valence-corrected chi connectivity index (χ4v) is 1.80. The van der Waals surface area contributed by atoms with E-state index in [1.54, 1.807) is 11.4 Å². The molecular weight excluding hydrogens is 212 g/mol. The van der Waals surface area contributed by atoms with Crippen molar-refractivity contribution in [3.8, 4) is 0 Å². The summed E-state index contributed by atoms with van der Waals surface area (Å²) in [4.78, 5) is 22.7. The maximum Gasteiger partial charge on any atom is 0.252 e. The van der Waals surface area contributed by atoms with Crippen molar-refractivity contribution in [3.05, 3.63) is 22.4 Å². The van der Waals surface area contributed by atoms with E-state index in [2.05, 4.69) is 10.6 Å². The third kappa shape index (κ3) is 3.06. The molecule has 1 aliphatic rings. The molecule has 80 valence electrons. The largest absolute Gasteiger partial charge is 0.352 e. The predicted molar refractivity (Wildman–Crippen MR) is 57.8 cm³/mol. The van der Waals surface area contributed by atoms with E-state index in [4.69, 9.17) is 0 Å². The van der Waals surface area contributed by atoms with E-state index >= 15 is 0 Å². The van der Waals surface area contributed by atoms with Gasteiger partial charge < -0.3 is 10.6 Å². The van der Waals surface area contributed by atoms with E-state index in [0.717, 1.165) is 12.8 Å². The van der Waals surface area contributed by atoms with Gasteiger partial charge in [-0.05, 0) is 24.3 Å². The number of amides is 2. The van der Waals surface area contributed by atoms with Gasteiger partial charge in [0.25, 0.3) is 5.91 Å². The van der Waals surface area contributed by atoms with Crippen LogP contribution in [0.1, 0.15) is 23.2 Å². The van der Waals surface area contributed by atoms with E-state index in [1.807, 2.05) is 5.38 Å². The molecule has 1 aromatic rings. The van der Waals surface area contributed by atoms with Crippen LogP contribution in [0.2, 0.25) is 0 Å². The van der Waals surface area contributed by atoms with Gasteiger partial charge in [-0.15, -0.1) is 0 Å². The maximum absolute atomic E-state index is 11.4. The Morgan fingerprint density at radius 3 is 2.87 bits per heavy atom. The highest BCUT2D eigenvalue weighted by Crippen LogP contribution is 2.18. The van der Waals surface area contributed by atoms with Crippen LogP contribution >= 0.6 is 11.3 Å². The van der Waals surface area contributed by atoms with Crippen LogP contribution in [0, 0.1) is 0 Å². The average Bonchev–Trinajstić information content (AvgIpc) is 2.86. The van der Waals surface area contributed by atoms with Crippen LogP contribution in [0.25, 0.3) is 0 Å². The normalized spacial score (nSPS) is 14.7. The van der Waals surface area contributed by atoms with Gasteiger partial charge in [0.15, 0.2) is 0 Å². The minimum Gasteiger partial charge on any atom is -0.352 e. The van der Waals surface area contributed by atoms with Crippen molar-refractivity contribution in [3.63, 3.8) is 0 Å². The van der Waals surface area contributed by atoms with Crippen molar-refractivity contribution in [2.75, 3.05) is 6.54 Å². The predicted octanol–water partition coefficient (Wildman–Crippen LogP) is 0.757. The second-order valence-electron chi connectivity index (χ2n) is 3.54. The lowest BCUT2D eigenvalue weighted by atomic mass is 10.3.